The maximum atomic E-state index is 12.7. The lowest BCUT2D eigenvalue weighted by Crippen LogP contribution is -2.50. The first-order chi connectivity index (χ1) is 19.0. The zero-order chi connectivity index (χ0) is 27.2. The van der Waals surface area contributed by atoms with E-state index in [-0.39, 0.29) is 18.6 Å². The molecule has 1 saturated heterocycles. The van der Waals surface area contributed by atoms with E-state index in [0.29, 0.717) is 36.7 Å². The van der Waals surface area contributed by atoms with Crippen LogP contribution in [0, 0.1) is 24.2 Å². The second-order valence-electron chi connectivity index (χ2n) is 10.5. The highest BCUT2D eigenvalue weighted by molar-refractivity contribution is 5.86. The Hall–Kier alpha value is -3.81. The number of anilines is 2. The van der Waals surface area contributed by atoms with Gasteiger partial charge in [0.2, 0.25) is 11.9 Å². The van der Waals surface area contributed by atoms with Crippen molar-refractivity contribution >= 4 is 28.6 Å². The van der Waals surface area contributed by atoms with Gasteiger partial charge in [-0.25, -0.2) is 15.0 Å². The minimum Gasteiger partial charge on any atom is -0.384 e. The molecule has 1 aromatic carbocycles. The van der Waals surface area contributed by atoms with Crippen LogP contribution in [0.3, 0.4) is 0 Å². The van der Waals surface area contributed by atoms with Gasteiger partial charge < -0.3 is 25.4 Å². The van der Waals surface area contributed by atoms with Crippen molar-refractivity contribution in [3.63, 3.8) is 0 Å². The number of nitrogens with one attached hydrogen (secondary N) is 3. The predicted molar refractivity (Wildman–Crippen MR) is 148 cm³/mol. The topological polar surface area (TPSA) is 134 Å². The number of carbonyl (C=O) groups is 1. The van der Waals surface area contributed by atoms with Crippen LogP contribution in [-0.2, 0) is 14.3 Å². The molecule has 2 fully saturated rings. The molecule has 204 valence electrons. The summed E-state index contributed by atoms with van der Waals surface area (Å²) in [5.41, 5.74) is 3.07. The van der Waals surface area contributed by atoms with E-state index in [1.807, 2.05) is 31.2 Å². The van der Waals surface area contributed by atoms with Gasteiger partial charge in [-0.15, -0.1) is 0 Å². The first-order valence-corrected chi connectivity index (χ1v) is 13.5. The van der Waals surface area contributed by atoms with E-state index < -0.39 is 5.92 Å². The van der Waals surface area contributed by atoms with Crippen molar-refractivity contribution in [1.29, 1.82) is 5.26 Å². The second-order valence-corrected chi connectivity index (χ2v) is 10.5. The molecule has 0 radical (unpaired) electrons. The van der Waals surface area contributed by atoms with Crippen LogP contribution < -0.4 is 16.0 Å². The van der Waals surface area contributed by atoms with E-state index in [9.17, 15) is 10.1 Å². The Morgan fingerprint density at radius 1 is 1.13 bits per heavy atom. The summed E-state index contributed by atoms with van der Waals surface area (Å²) in [6, 6.07) is 10.7. The molecule has 0 spiro atoms. The fourth-order valence-corrected chi connectivity index (χ4v) is 5.19. The van der Waals surface area contributed by atoms with Crippen molar-refractivity contribution in [2.24, 2.45) is 5.92 Å². The quantitative estimate of drug-likeness (QED) is 0.360. The Labute approximate surface area is 228 Å². The average molecular weight is 530 g/mol. The highest BCUT2D eigenvalue weighted by atomic mass is 16.5. The van der Waals surface area contributed by atoms with Crippen molar-refractivity contribution in [3.05, 3.63) is 53.3 Å². The second kappa shape index (κ2) is 12.4. The number of carbonyl (C=O) groups excluding carboxylic acids is 1. The highest BCUT2D eigenvalue weighted by Crippen LogP contribution is 2.28. The largest absolute Gasteiger partial charge is 0.384 e. The Morgan fingerprint density at radius 2 is 1.87 bits per heavy atom. The first kappa shape index (κ1) is 26.8. The summed E-state index contributed by atoms with van der Waals surface area (Å²) in [5, 5.41) is 20.5. The fraction of sp³-hybridized carbons (Fsp3) is 0.483. The summed E-state index contributed by atoms with van der Waals surface area (Å²) in [5.74, 6) is 1.35. The molecule has 2 aliphatic rings. The van der Waals surface area contributed by atoms with Gasteiger partial charge >= 0.3 is 0 Å². The summed E-state index contributed by atoms with van der Waals surface area (Å²) >= 11 is 0. The molecule has 2 aromatic heterocycles. The highest BCUT2D eigenvalue weighted by Gasteiger charge is 2.27. The van der Waals surface area contributed by atoms with E-state index >= 15 is 0 Å². The van der Waals surface area contributed by atoms with Gasteiger partial charge in [-0.2, -0.15) is 5.26 Å². The van der Waals surface area contributed by atoms with Gasteiger partial charge in [0.15, 0.2) is 0 Å². The zero-order valence-electron chi connectivity index (χ0n) is 22.4. The lowest BCUT2D eigenvalue weighted by molar-refractivity contribution is -0.127. The third kappa shape index (κ3) is 6.44. The molecule has 1 atom stereocenters. The van der Waals surface area contributed by atoms with Crippen LogP contribution in [0.2, 0.25) is 0 Å². The number of hydrogen-bond acceptors (Lipinski definition) is 9. The van der Waals surface area contributed by atoms with Crippen molar-refractivity contribution in [3.8, 4) is 6.07 Å². The Bertz CT molecular complexity index is 1330. The maximum absolute atomic E-state index is 12.7. The number of pyridine rings is 1. The molecule has 3 N–H and O–H groups in total. The standard InChI is InChI=1S/C29H35N7O3/c1-18-3-6-20-7-10-26(36-27(20)24(18)11-30)34-22-8-4-19(5-9-22)12-31-29-32-13-21(14-33-29)25(17-38-2)28(37)35-23-15-39-16-23/h3,6-7,10,13-14,19,22-23,25H,4-5,8-9,12,15-17H2,1-2H3,(H,34,36)(H,35,37)(H,31,32,33)/t19?,22?,25-/m1/s1. The zero-order valence-corrected chi connectivity index (χ0v) is 22.4. The van der Waals surface area contributed by atoms with E-state index in [2.05, 4.69) is 32.0 Å². The van der Waals surface area contributed by atoms with E-state index in [1.54, 1.807) is 19.5 Å². The van der Waals surface area contributed by atoms with Gasteiger partial charge in [-0.1, -0.05) is 12.1 Å². The molecule has 10 heteroatoms. The van der Waals surface area contributed by atoms with E-state index in [4.69, 9.17) is 14.5 Å². The van der Waals surface area contributed by atoms with Crippen molar-refractivity contribution < 1.29 is 14.3 Å². The third-order valence-electron chi connectivity index (χ3n) is 7.64. The van der Waals surface area contributed by atoms with E-state index in [0.717, 1.165) is 60.1 Å². The lowest BCUT2D eigenvalue weighted by Gasteiger charge is -2.29. The summed E-state index contributed by atoms with van der Waals surface area (Å²) in [7, 11) is 1.58. The number of methoxy groups -OCH3 is 1. The van der Waals surface area contributed by atoms with Crippen LogP contribution >= 0.6 is 0 Å². The van der Waals surface area contributed by atoms with Crippen molar-refractivity contribution in [2.45, 2.75) is 50.6 Å². The Morgan fingerprint density at radius 3 is 2.54 bits per heavy atom. The van der Waals surface area contributed by atoms with Crippen LogP contribution in [-0.4, -0.2) is 66.4 Å². The smallest absolute Gasteiger partial charge is 0.230 e. The summed E-state index contributed by atoms with van der Waals surface area (Å²) in [4.78, 5) is 26.3. The van der Waals surface area contributed by atoms with Gasteiger partial charge in [0.25, 0.3) is 0 Å². The molecule has 1 saturated carbocycles. The SMILES string of the molecule is COC[C@@H](C(=O)NC1COC1)c1cnc(NCC2CCC(Nc3ccc4ccc(C)c(C#N)c4n3)CC2)nc1. The minimum atomic E-state index is -0.458. The van der Waals surface area contributed by atoms with Gasteiger partial charge in [-0.3, -0.25) is 4.79 Å². The average Bonchev–Trinajstić information content (AvgIpc) is 2.93. The van der Waals surface area contributed by atoms with Crippen LogP contribution in [0.4, 0.5) is 11.8 Å². The maximum Gasteiger partial charge on any atom is 0.230 e. The normalized spacial score (nSPS) is 20.0. The molecule has 1 amide bonds. The van der Waals surface area contributed by atoms with Gasteiger partial charge in [-0.05, 0) is 56.2 Å². The number of aryl methyl sites for hydroxylation is 1. The minimum absolute atomic E-state index is 0.0635. The third-order valence-corrected chi connectivity index (χ3v) is 7.64. The van der Waals surface area contributed by atoms with Crippen molar-refractivity contribution in [1.82, 2.24) is 20.3 Å². The molecule has 39 heavy (non-hydrogen) atoms. The number of ether oxygens (including phenoxy) is 2. The number of amides is 1. The Balaban J connectivity index is 1.10. The number of benzene rings is 1. The van der Waals surface area contributed by atoms with Crippen LogP contribution in [0.1, 0.15) is 48.3 Å². The fourth-order valence-electron chi connectivity index (χ4n) is 5.19. The number of nitriles is 1. The van der Waals surface area contributed by atoms with Gasteiger partial charge in [0.05, 0.1) is 42.9 Å². The first-order valence-electron chi connectivity index (χ1n) is 13.5. The molecule has 0 unspecified atom stereocenters. The predicted octanol–water partition coefficient (Wildman–Crippen LogP) is 3.53. The number of hydrogen-bond donors (Lipinski definition) is 3. The van der Waals surface area contributed by atoms with Gasteiger partial charge in [0, 0.05) is 43.0 Å². The van der Waals surface area contributed by atoms with Gasteiger partial charge in [0.1, 0.15) is 11.9 Å². The number of fused-ring (bicyclic) bond motifs is 1. The number of rotatable bonds is 10. The van der Waals surface area contributed by atoms with Crippen LogP contribution in [0.15, 0.2) is 36.7 Å². The molecule has 1 aliphatic heterocycles. The molecule has 0 bridgehead atoms. The molecular formula is C29H35N7O3. The van der Waals surface area contributed by atoms with E-state index in [1.165, 1.54) is 0 Å². The number of aromatic nitrogens is 3. The molecular weight excluding hydrogens is 494 g/mol. The molecule has 3 aromatic rings. The van der Waals surface area contributed by atoms with Crippen LogP contribution in [0.5, 0.6) is 0 Å². The summed E-state index contributed by atoms with van der Waals surface area (Å²) < 4.78 is 10.4. The number of nitrogens with zero attached hydrogens (tertiary/aromatic N) is 4. The Kier molecular flexibility index (Phi) is 8.49. The summed E-state index contributed by atoms with van der Waals surface area (Å²) in [6.45, 7) is 4.10. The van der Waals surface area contributed by atoms with Crippen LogP contribution in [0.25, 0.3) is 10.9 Å². The monoisotopic (exact) mass is 529 g/mol. The summed E-state index contributed by atoms with van der Waals surface area (Å²) in [6.07, 6.45) is 7.66. The molecule has 1 aliphatic carbocycles. The van der Waals surface area contributed by atoms with Crippen molar-refractivity contribution in [2.75, 3.05) is 44.1 Å². The molecule has 5 rings (SSSR count). The molecule has 3 heterocycles. The molecule has 10 nitrogen and oxygen atoms in total. The lowest BCUT2D eigenvalue weighted by atomic mass is 9.86.